The Kier molecular flexibility index (Phi) is 19.1. The highest BCUT2D eigenvalue weighted by molar-refractivity contribution is 6.17. The Morgan fingerprint density at radius 1 is 0.872 bits per heavy atom. The fraction of sp³-hybridized carbons (Fsp3) is 0.521. The number of likely N-dealkylation sites (N-methyl/N-ethyl adjacent to an activating group) is 1. The first-order valence-electron chi connectivity index (χ1n) is 32.6. The van der Waals surface area contributed by atoms with Crippen molar-refractivity contribution in [1.82, 2.24) is 19.4 Å². The van der Waals surface area contributed by atoms with E-state index in [-0.39, 0.29) is 78.5 Å². The smallest absolute Gasteiger partial charge is 0.307 e. The number of hydrogen-bond donors (Lipinski definition) is 5. The van der Waals surface area contributed by atoms with Crippen molar-refractivity contribution in [1.29, 1.82) is 0 Å². The molecule has 1 amide bonds. The molecular formula is C71H88FN7O15. The highest BCUT2D eigenvalue weighted by Crippen LogP contribution is 2.46. The van der Waals surface area contributed by atoms with E-state index in [0.29, 0.717) is 59.8 Å². The summed E-state index contributed by atoms with van der Waals surface area (Å²) >= 11 is 0. The molecule has 5 N–H and O–H groups in total. The summed E-state index contributed by atoms with van der Waals surface area (Å²) in [7, 11) is 7.08. The number of methoxy groups -OCH3 is 2. The molecule has 5 bridgehead atoms. The number of esters is 1. The van der Waals surface area contributed by atoms with E-state index in [1.807, 2.05) is 20.3 Å². The normalized spacial score (nSPS) is 27.2. The van der Waals surface area contributed by atoms with E-state index in [0.717, 1.165) is 51.7 Å². The molecule has 1 saturated carbocycles. The molecule has 0 radical (unpaired) electrons. The highest BCUT2D eigenvalue weighted by Gasteiger charge is 2.45. The van der Waals surface area contributed by atoms with Crippen LogP contribution in [0.1, 0.15) is 97.7 Å². The summed E-state index contributed by atoms with van der Waals surface area (Å²) in [5, 5.41) is 50.3. The maximum atomic E-state index is 16.4. The Hall–Kier alpha value is -8.09. The van der Waals surface area contributed by atoms with Crippen molar-refractivity contribution in [2.45, 2.75) is 137 Å². The third-order valence-corrected chi connectivity index (χ3v) is 20.2. The second-order valence-electron chi connectivity index (χ2n) is 27.1. The van der Waals surface area contributed by atoms with Gasteiger partial charge in [0, 0.05) is 149 Å². The zero-order valence-corrected chi connectivity index (χ0v) is 55.9. The number of aliphatic hydroxyl groups excluding tert-OH is 3. The van der Waals surface area contributed by atoms with Crippen molar-refractivity contribution in [3.05, 3.63) is 113 Å². The summed E-state index contributed by atoms with van der Waals surface area (Å²) in [6.45, 7) is 19.1. The fourth-order valence-electron chi connectivity index (χ4n) is 14.5. The van der Waals surface area contributed by atoms with Gasteiger partial charge in [-0.25, -0.2) is 9.37 Å². The lowest BCUT2D eigenvalue weighted by Gasteiger charge is -2.40. The van der Waals surface area contributed by atoms with Gasteiger partial charge in [-0.3, -0.25) is 28.9 Å². The number of aryl methyl sites for hydroxylation is 1. The van der Waals surface area contributed by atoms with Gasteiger partial charge in [-0.05, 0) is 85.0 Å². The summed E-state index contributed by atoms with van der Waals surface area (Å²) in [4.78, 5) is 84.0. The largest absolute Gasteiger partial charge is 0.507 e. The lowest BCUT2D eigenvalue weighted by Crippen LogP contribution is -2.48. The van der Waals surface area contributed by atoms with E-state index in [4.69, 9.17) is 33.1 Å². The first-order valence-corrected chi connectivity index (χ1v) is 32.6. The van der Waals surface area contributed by atoms with Gasteiger partial charge in [0.2, 0.25) is 10.9 Å². The summed E-state index contributed by atoms with van der Waals surface area (Å²) in [5.41, 5.74) is -0.326. The molecule has 6 aromatic rings. The van der Waals surface area contributed by atoms with Crippen molar-refractivity contribution in [2.24, 2.45) is 29.6 Å². The van der Waals surface area contributed by atoms with Gasteiger partial charge in [0.15, 0.2) is 39.4 Å². The van der Waals surface area contributed by atoms with Crippen LogP contribution in [0.5, 0.6) is 17.2 Å². The van der Waals surface area contributed by atoms with Gasteiger partial charge in [-0.1, -0.05) is 45.9 Å². The van der Waals surface area contributed by atoms with Crippen LogP contribution in [0.25, 0.3) is 49.6 Å². The molecule has 5 aliphatic rings. The molecule has 0 spiro atoms. The van der Waals surface area contributed by atoms with Gasteiger partial charge >= 0.3 is 11.8 Å². The first-order chi connectivity index (χ1) is 44.7. The molecule has 94 heavy (non-hydrogen) atoms. The van der Waals surface area contributed by atoms with E-state index in [9.17, 15) is 39.6 Å². The number of aliphatic hydroxyl groups is 3. The summed E-state index contributed by atoms with van der Waals surface area (Å²) in [5.74, 6) is -7.10. The average molecular weight is 1300 g/mol. The fourth-order valence-corrected chi connectivity index (χ4v) is 14.5. The van der Waals surface area contributed by atoms with Crippen LogP contribution in [0, 0.1) is 49.3 Å². The van der Waals surface area contributed by atoms with Crippen LogP contribution in [0.3, 0.4) is 0 Å². The Bertz CT molecular complexity index is 4330. The van der Waals surface area contributed by atoms with Gasteiger partial charge in [0.05, 0.1) is 53.2 Å². The number of anilines is 3. The second kappa shape index (κ2) is 26.6. The van der Waals surface area contributed by atoms with E-state index in [1.54, 1.807) is 59.9 Å². The van der Waals surface area contributed by atoms with Crippen molar-refractivity contribution in [2.75, 3.05) is 89.2 Å². The lowest BCUT2D eigenvalue weighted by atomic mass is 9.78. The number of benzene rings is 4. The monoisotopic (exact) mass is 1300 g/mol. The number of fused-ring (bicyclic) bond motifs is 6. The third-order valence-electron chi connectivity index (χ3n) is 20.2. The quantitative estimate of drug-likeness (QED) is 0.0441. The predicted molar refractivity (Wildman–Crippen MR) is 358 cm³/mol. The summed E-state index contributed by atoms with van der Waals surface area (Å²) < 4.78 is 55.5. The Labute approximate surface area is 544 Å². The van der Waals surface area contributed by atoms with Crippen LogP contribution in [-0.2, 0) is 23.8 Å². The van der Waals surface area contributed by atoms with Crippen LogP contribution in [0.4, 0.5) is 21.5 Å². The Balaban J connectivity index is 0.935. The predicted octanol–water partition coefficient (Wildman–Crippen LogP) is 8.02. The number of carbonyl (C=O) groups excluding carboxylic acids is 2. The Morgan fingerprint density at radius 3 is 2.26 bits per heavy atom. The van der Waals surface area contributed by atoms with Gasteiger partial charge in [-0.15, -0.1) is 0 Å². The number of allylic oxidation sites excluding steroid dienone is 2. The van der Waals surface area contributed by atoms with E-state index in [2.05, 4.69) is 29.5 Å². The maximum Gasteiger partial charge on any atom is 0.307 e. The molecule has 3 fully saturated rings. The van der Waals surface area contributed by atoms with E-state index in [1.165, 1.54) is 65.4 Å². The summed E-state index contributed by atoms with van der Waals surface area (Å²) in [6.07, 6.45) is 9.59. The highest BCUT2D eigenvalue weighted by atomic mass is 19.1. The van der Waals surface area contributed by atoms with Crippen LogP contribution in [-0.4, -0.2) is 162 Å². The van der Waals surface area contributed by atoms with Crippen molar-refractivity contribution in [3.63, 3.8) is 0 Å². The molecular weight excluding hydrogens is 1210 g/mol. The molecule has 22 nitrogen and oxygen atoms in total. The van der Waals surface area contributed by atoms with Crippen molar-refractivity contribution >= 4 is 78.6 Å². The topological polar surface area (TPSA) is 268 Å². The third kappa shape index (κ3) is 12.5. The first kappa shape index (κ1) is 67.3. The number of piperidine rings is 1. The SMILES string of the molecule is COc1c(N2CCC(CN(CCN(C)C)C3CCN(c4cc(=O)c5nc6c(oc5c4)c4c(=O)c5c(O)c(C)c7c(c56)=C(O)[C@@](C)(O/C=C/[C@H](OC)[C@@H](C)[C@@H](OC(C)=O)[C@H](C)[C@H](O)[C@H](C)[C@@H](O)[C@@H](C)/C=C/C=C(/C)C(=O)N4)O7)CC3)C2)c(F)cc2c(=O)c(C)cn(C3CC3)c12. The zero-order valence-electron chi connectivity index (χ0n) is 55.9. The number of ether oxygens (including phenoxy) is 5. The van der Waals surface area contributed by atoms with E-state index < -0.39 is 99.6 Å². The molecule has 6 heterocycles. The second-order valence-corrected chi connectivity index (χ2v) is 27.1. The number of amides is 1. The molecule has 10 atom stereocenters. The average Bonchev–Trinajstić information content (AvgIpc) is 1.43. The van der Waals surface area contributed by atoms with Crippen LogP contribution >= 0.6 is 0 Å². The molecule has 1 aliphatic carbocycles. The van der Waals surface area contributed by atoms with Crippen LogP contribution < -0.4 is 46.1 Å². The van der Waals surface area contributed by atoms with Gasteiger partial charge in [0.1, 0.15) is 34.5 Å². The molecule has 23 heteroatoms. The number of phenolic OH excluding ortho intramolecular Hbond substituents is 1. The molecule has 2 aromatic heterocycles. The molecule has 4 aromatic carbocycles. The minimum atomic E-state index is -2.03. The van der Waals surface area contributed by atoms with Crippen LogP contribution in [0.15, 0.2) is 79.3 Å². The molecule has 2 saturated heterocycles. The summed E-state index contributed by atoms with van der Waals surface area (Å²) in [6, 6.07) is 4.96. The number of pyridine rings is 1. The standard InChI is InChI=1S/C71H88FN7O15/c1-35-15-14-16-36(2)70(88)74-57-64(86)53-52(54-66(41(7)63(53)85)94-71(9,69(54)87)91-28-22-50(89-12)38(4)65(92-42(8)80)40(6)62(84)39(5)60(35)82)56-67(57)93-51-30-46(29-49(81)55(51)73-56)76-24-20-44(21-25-76)77(27-26-75(10)11)33-43-19-23-78(34-43)59-48(72)31-47-58(68(59)90-13)79(45-17-18-45)32-37(3)61(47)83/h14-16,22,28-32,35,38-40,43-45,50,60,62,65,82,84-85,87H,17-21,23-27,33-34H2,1-13H3,(H,74,88)/b15-14+,28-22+,36-16-/t35-,38+,39+,40+,43?,50-,60-,62+,65+,71-/m0/s1. The molecule has 4 aliphatic heterocycles. The number of nitrogens with zero attached hydrogens (tertiary/aromatic N) is 6. The van der Waals surface area contributed by atoms with Crippen molar-refractivity contribution < 1.29 is 62.5 Å². The Morgan fingerprint density at radius 2 is 1.59 bits per heavy atom. The van der Waals surface area contributed by atoms with Gasteiger partial charge in [0.25, 0.3) is 5.91 Å². The van der Waals surface area contributed by atoms with E-state index >= 15 is 9.18 Å². The minimum absolute atomic E-state index is 0.00608. The molecule has 11 rings (SSSR count). The number of halogens is 1. The zero-order chi connectivity index (χ0) is 67.7. The van der Waals surface area contributed by atoms with Gasteiger partial charge in [-0.2, -0.15) is 0 Å². The number of aromatic nitrogens is 2. The number of carbonyl (C=O) groups is 2. The number of phenols is 1. The molecule has 1 unspecified atom stereocenters. The lowest BCUT2D eigenvalue weighted by molar-refractivity contribution is -0.160. The number of nitrogens with one attached hydrogen (secondary N) is 1. The number of rotatable bonds is 12. The number of hydrogen-bond acceptors (Lipinski definition) is 20. The minimum Gasteiger partial charge on any atom is -0.507 e. The number of aromatic hydroxyl groups is 1. The van der Waals surface area contributed by atoms with Crippen LogP contribution in [0.2, 0.25) is 0 Å². The maximum absolute atomic E-state index is 16.4. The van der Waals surface area contributed by atoms with Gasteiger partial charge < -0.3 is 73.1 Å². The van der Waals surface area contributed by atoms with Crippen molar-refractivity contribution in [3.8, 4) is 17.2 Å². The molecule has 504 valence electrons.